The van der Waals surface area contributed by atoms with Gasteiger partial charge in [0.1, 0.15) is 11.4 Å². The third-order valence-corrected chi connectivity index (χ3v) is 17.9. The van der Waals surface area contributed by atoms with Crippen molar-refractivity contribution in [1.29, 1.82) is 0 Å². The molecule has 7 atom stereocenters. The maximum Gasteiger partial charge on any atom is 0.262 e. The van der Waals surface area contributed by atoms with Gasteiger partial charge in [-0.05, 0) is 111 Å². The minimum absolute atomic E-state index is 0.0194. The van der Waals surface area contributed by atoms with Crippen LogP contribution < -0.4 is 14.4 Å². The number of aryl methyl sites for hydroxylation is 1. The summed E-state index contributed by atoms with van der Waals surface area (Å²) in [7, 11) is -4.09. The van der Waals surface area contributed by atoms with Crippen molar-refractivity contribution in [3.63, 3.8) is 0 Å². The van der Waals surface area contributed by atoms with Gasteiger partial charge in [0, 0.05) is 66.5 Å². The minimum atomic E-state index is -2.99. The fourth-order valence-electron chi connectivity index (χ4n) is 10.3. The fraction of sp³-hybridized carbons (Fsp3) is 0.600. The van der Waals surface area contributed by atoms with Gasteiger partial charge in [0.2, 0.25) is 0 Å². The van der Waals surface area contributed by atoms with Gasteiger partial charge in [0.05, 0.1) is 33.5 Å². The highest BCUT2D eigenvalue weighted by molar-refractivity contribution is 7.99. The van der Waals surface area contributed by atoms with E-state index >= 15 is 0 Å². The first kappa shape index (κ1) is 36.4. The first-order chi connectivity index (χ1) is 24.6. The molecule has 2 aromatic carbocycles. The van der Waals surface area contributed by atoms with Gasteiger partial charge in [-0.15, -0.1) is 0 Å². The zero-order chi connectivity index (χ0) is 36.7. The zero-order valence-electron chi connectivity index (χ0n) is 30.6. The van der Waals surface area contributed by atoms with Crippen LogP contribution in [0.4, 0.5) is 5.69 Å². The lowest BCUT2D eigenvalue weighted by Gasteiger charge is -2.58. The topological polar surface area (TPSA) is 105 Å². The Bertz CT molecular complexity index is 2000. The van der Waals surface area contributed by atoms with Gasteiger partial charge in [0.15, 0.2) is 9.84 Å². The zero-order valence-corrected chi connectivity index (χ0v) is 33.0. The van der Waals surface area contributed by atoms with Crippen LogP contribution in [-0.2, 0) is 36.1 Å². The highest BCUT2D eigenvalue weighted by Crippen LogP contribution is 2.51. The molecule has 0 radical (unpaired) electrons. The number of sulfone groups is 1. The van der Waals surface area contributed by atoms with Crippen LogP contribution in [0.1, 0.15) is 67.4 Å². The van der Waals surface area contributed by atoms with E-state index in [1.807, 2.05) is 32.2 Å². The Balaban J connectivity index is 1.18. The Morgan fingerprint density at radius 3 is 2.58 bits per heavy atom. The van der Waals surface area contributed by atoms with E-state index in [1.165, 1.54) is 11.1 Å². The number of methoxy groups -OCH3 is 1. The molecule has 8 rings (SSSR count). The summed E-state index contributed by atoms with van der Waals surface area (Å²) in [6.07, 6.45) is 10.1. The highest BCUT2D eigenvalue weighted by atomic mass is 35.5. The smallest absolute Gasteiger partial charge is 0.262 e. The third-order valence-electron chi connectivity index (χ3n) is 13.4. The van der Waals surface area contributed by atoms with Gasteiger partial charge < -0.3 is 14.4 Å². The number of benzene rings is 2. The molecule has 1 N–H and O–H groups in total. The lowest BCUT2D eigenvalue weighted by Crippen LogP contribution is -2.71. The highest BCUT2D eigenvalue weighted by Gasteiger charge is 2.58. The molecule has 2 saturated heterocycles. The average Bonchev–Trinajstić information content (AvgIpc) is 3.20. The molecule has 4 heterocycles. The number of allylic oxidation sites excluding steroid dienone is 1. The maximum absolute atomic E-state index is 14.0. The number of likely N-dealkylation sites (tertiary alicyclic amines) is 1. The lowest BCUT2D eigenvalue weighted by atomic mass is 9.63. The van der Waals surface area contributed by atoms with Gasteiger partial charge in [-0.25, -0.2) is 12.6 Å². The third kappa shape index (κ3) is 6.40. The molecule has 1 unspecified atom stereocenters. The van der Waals surface area contributed by atoms with Crippen LogP contribution in [0.15, 0.2) is 48.6 Å². The van der Waals surface area contributed by atoms with Crippen LogP contribution in [-0.4, -0.2) is 98.1 Å². The van der Waals surface area contributed by atoms with Crippen molar-refractivity contribution in [1.82, 2.24) is 9.62 Å². The molecule has 3 fully saturated rings. The van der Waals surface area contributed by atoms with E-state index in [4.69, 9.17) is 21.1 Å². The SMILES string of the molecule is C=S1(=O)NC(=O)c2ccc3c(c2)N(C[C@@H]2CC[C@H]2[C@@](CN2CC4(C2)CS(=O)(=O)C4)(OC)/C=C/C[C@H](C)[C@H]1C)C[C@@]1(CCCc2cc(Cl)ccc21)CO3. The van der Waals surface area contributed by atoms with Crippen molar-refractivity contribution in [3.05, 3.63) is 70.3 Å². The summed E-state index contributed by atoms with van der Waals surface area (Å²) in [4.78, 5) is 18.6. The predicted molar refractivity (Wildman–Crippen MR) is 209 cm³/mol. The number of nitrogens with one attached hydrogen (secondary N) is 1. The van der Waals surface area contributed by atoms with Gasteiger partial charge in [-0.1, -0.05) is 36.7 Å². The minimum Gasteiger partial charge on any atom is -0.490 e. The number of halogens is 1. The van der Waals surface area contributed by atoms with Gasteiger partial charge in [-0.2, -0.15) is 0 Å². The molecule has 4 aliphatic heterocycles. The average molecular weight is 770 g/mol. The molecule has 1 saturated carbocycles. The van der Waals surface area contributed by atoms with E-state index in [0.29, 0.717) is 31.1 Å². The molecule has 2 spiro atoms. The summed E-state index contributed by atoms with van der Waals surface area (Å²) in [6.45, 7) is 8.18. The van der Waals surface area contributed by atoms with Crippen LogP contribution in [0, 0.1) is 23.2 Å². The monoisotopic (exact) mass is 769 g/mol. The number of ether oxygens (including phenoxy) is 2. The molecule has 6 aliphatic rings. The summed E-state index contributed by atoms with van der Waals surface area (Å²) in [6, 6.07) is 11.8. The van der Waals surface area contributed by atoms with Crippen LogP contribution in [0.25, 0.3) is 0 Å². The van der Waals surface area contributed by atoms with E-state index in [-0.39, 0.29) is 39.4 Å². The fourth-order valence-corrected chi connectivity index (χ4v) is 14.2. The van der Waals surface area contributed by atoms with E-state index in [0.717, 1.165) is 74.7 Å². The molecule has 2 aromatic rings. The number of carbonyl (C=O) groups is 1. The lowest BCUT2D eigenvalue weighted by molar-refractivity contribution is -0.115. The van der Waals surface area contributed by atoms with E-state index in [9.17, 15) is 17.4 Å². The van der Waals surface area contributed by atoms with Crippen molar-refractivity contribution >= 4 is 48.6 Å². The quantitative estimate of drug-likeness (QED) is 0.332. The summed E-state index contributed by atoms with van der Waals surface area (Å²) in [5.74, 6) is 5.45. The van der Waals surface area contributed by atoms with E-state index in [1.54, 1.807) is 6.07 Å². The standard InChI is InChI=1S/C40H52ClN3O6S2/c1-27-7-5-16-40(49-3,23-43-20-38(21-43)25-52(47,48)26-38)34-12-9-31(34)19-44-22-39(15-6-8-29-17-32(41)11-13-33(29)39)24-50-36-14-10-30(18-35(36)44)37(45)42-51(4,46)28(27)2/h5,10-11,13-14,16-18,27-28,31,34H,4,6-9,12,15,19-26H2,1-3H3,(H,42,45,46)/b16-5+/t27-,28+,31-,34+,39-,40+,51?/m0/s1. The second-order valence-electron chi connectivity index (χ2n) is 17.0. The summed E-state index contributed by atoms with van der Waals surface area (Å²) in [5.41, 5.74) is 2.91. The Morgan fingerprint density at radius 2 is 1.87 bits per heavy atom. The molecule has 2 aliphatic carbocycles. The number of hydrogen-bond acceptors (Lipinski definition) is 8. The Morgan fingerprint density at radius 1 is 1.08 bits per heavy atom. The molecule has 1 amide bonds. The van der Waals surface area contributed by atoms with Crippen LogP contribution in [0.2, 0.25) is 5.02 Å². The first-order valence-electron chi connectivity index (χ1n) is 18.8. The molecule has 9 nitrogen and oxygen atoms in total. The van der Waals surface area contributed by atoms with Crippen molar-refractivity contribution in [2.75, 3.05) is 62.8 Å². The first-order valence-corrected chi connectivity index (χ1v) is 22.8. The number of amides is 1. The van der Waals surface area contributed by atoms with Crippen molar-refractivity contribution in [2.24, 2.45) is 23.2 Å². The molecule has 12 heteroatoms. The van der Waals surface area contributed by atoms with Gasteiger partial charge in [0.25, 0.3) is 5.91 Å². The predicted octanol–water partition coefficient (Wildman–Crippen LogP) is 5.30. The Hall–Kier alpha value is -2.57. The van der Waals surface area contributed by atoms with Crippen molar-refractivity contribution in [3.8, 4) is 5.75 Å². The number of hydrogen-bond donors (Lipinski definition) is 1. The number of rotatable bonds is 3. The van der Waals surface area contributed by atoms with Gasteiger partial charge >= 0.3 is 0 Å². The van der Waals surface area contributed by atoms with Crippen molar-refractivity contribution in [2.45, 2.75) is 68.6 Å². The summed E-state index contributed by atoms with van der Waals surface area (Å²) >= 11 is 6.49. The van der Waals surface area contributed by atoms with E-state index < -0.39 is 31.1 Å². The normalized spacial score (nSPS) is 37.2. The van der Waals surface area contributed by atoms with Crippen molar-refractivity contribution < 1.29 is 26.9 Å². The van der Waals surface area contributed by atoms with Crippen LogP contribution in [0.5, 0.6) is 5.75 Å². The molecule has 282 valence electrons. The summed E-state index contributed by atoms with van der Waals surface area (Å²) in [5, 5.41) is 0.368. The molecular formula is C40H52ClN3O6S2. The number of carbonyl (C=O) groups excluding carboxylic acids is 1. The molecule has 52 heavy (non-hydrogen) atoms. The van der Waals surface area contributed by atoms with Crippen LogP contribution in [0.3, 0.4) is 0 Å². The largest absolute Gasteiger partial charge is 0.490 e. The summed E-state index contributed by atoms with van der Waals surface area (Å²) < 4.78 is 54.3. The molecule has 2 bridgehead atoms. The molecule has 0 aromatic heterocycles. The van der Waals surface area contributed by atoms with Gasteiger partial charge in [-0.3, -0.25) is 14.4 Å². The number of anilines is 1. The molecular weight excluding hydrogens is 718 g/mol. The maximum atomic E-state index is 14.0. The number of nitrogens with zero attached hydrogens (tertiary/aromatic N) is 2. The second-order valence-corrected chi connectivity index (χ2v) is 21.9. The Kier molecular flexibility index (Phi) is 9.13. The van der Waals surface area contributed by atoms with E-state index in [2.05, 4.69) is 51.6 Å². The second kappa shape index (κ2) is 13.0. The Labute approximate surface area is 314 Å². The number of fused-ring (bicyclic) bond motifs is 4. The van der Waals surface area contributed by atoms with Crippen LogP contribution >= 0.6 is 11.6 Å².